The number of aliphatic hydroxyl groups is 1. The maximum atomic E-state index is 12.4. The number of likely N-dealkylation sites (tertiary alicyclic amines) is 1. The van der Waals surface area contributed by atoms with Crippen LogP contribution in [0.2, 0.25) is 0 Å². The zero-order valence-electron chi connectivity index (χ0n) is 9.28. The molecule has 0 amide bonds. The van der Waals surface area contributed by atoms with Crippen molar-refractivity contribution in [2.45, 2.75) is 19.0 Å². The molecule has 17 heavy (non-hydrogen) atoms. The summed E-state index contributed by atoms with van der Waals surface area (Å²) in [6, 6.07) is 0. The Hall–Kier alpha value is -0.820. The van der Waals surface area contributed by atoms with Gasteiger partial charge in [0.2, 0.25) is 0 Å². The van der Waals surface area contributed by atoms with Crippen LogP contribution in [-0.2, 0) is 4.79 Å². The SMILES string of the molecule is O=C(O)C(CN1CCC(CO)CC1)C(F)(F)F. The van der Waals surface area contributed by atoms with Gasteiger partial charge in [0.1, 0.15) is 0 Å². The zero-order valence-corrected chi connectivity index (χ0v) is 9.28. The van der Waals surface area contributed by atoms with E-state index in [2.05, 4.69) is 0 Å². The van der Waals surface area contributed by atoms with Crippen LogP contribution < -0.4 is 0 Å². The number of aliphatic carboxylic acids is 1. The maximum absolute atomic E-state index is 12.4. The van der Waals surface area contributed by atoms with Gasteiger partial charge in [0, 0.05) is 13.2 Å². The molecule has 1 fully saturated rings. The van der Waals surface area contributed by atoms with Gasteiger partial charge in [-0.2, -0.15) is 13.2 Å². The summed E-state index contributed by atoms with van der Waals surface area (Å²) < 4.78 is 37.3. The molecule has 1 atom stereocenters. The van der Waals surface area contributed by atoms with E-state index >= 15 is 0 Å². The average Bonchev–Trinajstić information content (AvgIpc) is 2.24. The number of carboxylic acid groups (broad SMARTS) is 1. The molecule has 0 saturated carbocycles. The van der Waals surface area contributed by atoms with Crippen molar-refractivity contribution in [3.05, 3.63) is 0 Å². The third-order valence-electron chi connectivity index (χ3n) is 3.10. The first-order valence-electron chi connectivity index (χ1n) is 5.47. The summed E-state index contributed by atoms with van der Waals surface area (Å²) in [5.74, 6) is -4.03. The Morgan fingerprint density at radius 2 is 1.88 bits per heavy atom. The van der Waals surface area contributed by atoms with Gasteiger partial charge >= 0.3 is 12.1 Å². The minimum atomic E-state index is -4.71. The van der Waals surface area contributed by atoms with Gasteiger partial charge in [-0.25, -0.2) is 0 Å². The molecule has 2 N–H and O–H groups in total. The minimum absolute atomic E-state index is 0.0372. The number of carbonyl (C=O) groups is 1. The Labute approximate surface area is 97.0 Å². The maximum Gasteiger partial charge on any atom is 0.403 e. The summed E-state index contributed by atoms with van der Waals surface area (Å²) in [7, 11) is 0. The smallest absolute Gasteiger partial charge is 0.403 e. The standard InChI is InChI=1S/C10H16F3NO3/c11-10(12,13)8(9(16)17)5-14-3-1-7(6-15)2-4-14/h7-8,15H,1-6H2,(H,16,17). The number of nitrogens with zero attached hydrogens (tertiary/aromatic N) is 1. The van der Waals surface area contributed by atoms with Crippen LogP contribution in [0.5, 0.6) is 0 Å². The van der Waals surface area contributed by atoms with Crippen LogP contribution in [0.25, 0.3) is 0 Å². The molecule has 0 aromatic carbocycles. The molecule has 1 aliphatic rings. The van der Waals surface area contributed by atoms with Crippen molar-refractivity contribution in [1.82, 2.24) is 4.90 Å². The normalized spacial score (nSPS) is 21.4. The molecular weight excluding hydrogens is 239 g/mol. The number of aliphatic hydroxyl groups excluding tert-OH is 1. The second-order valence-electron chi connectivity index (χ2n) is 4.36. The highest BCUT2D eigenvalue weighted by Crippen LogP contribution is 2.28. The van der Waals surface area contributed by atoms with E-state index in [-0.39, 0.29) is 12.5 Å². The number of hydrogen-bond acceptors (Lipinski definition) is 3. The number of halogens is 3. The quantitative estimate of drug-likeness (QED) is 0.785. The fraction of sp³-hybridized carbons (Fsp3) is 0.900. The molecule has 4 nitrogen and oxygen atoms in total. The fourth-order valence-electron chi connectivity index (χ4n) is 1.93. The van der Waals surface area contributed by atoms with Crippen molar-refractivity contribution >= 4 is 5.97 Å². The Balaban J connectivity index is 2.50. The Morgan fingerprint density at radius 1 is 1.35 bits per heavy atom. The van der Waals surface area contributed by atoms with Crippen LogP contribution in [0.4, 0.5) is 13.2 Å². The van der Waals surface area contributed by atoms with E-state index < -0.39 is 24.6 Å². The molecule has 0 aromatic rings. The van der Waals surface area contributed by atoms with Crippen LogP contribution in [0.1, 0.15) is 12.8 Å². The summed E-state index contributed by atoms with van der Waals surface area (Å²) in [6.45, 7) is 0.350. The number of hydrogen-bond donors (Lipinski definition) is 2. The lowest BCUT2D eigenvalue weighted by molar-refractivity contribution is -0.197. The second kappa shape index (κ2) is 5.68. The largest absolute Gasteiger partial charge is 0.481 e. The number of alkyl halides is 3. The Bertz CT molecular complexity index is 262. The van der Waals surface area contributed by atoms with E-state index in [1.807, 2.05) is 0 Å². The predicted octanol–water partition coefficient (Wildman–Crippen LogP) is 0.954. The highest BCUT2D eigenvalue weighted by molar-refractivity contribution is 5.71. The molecule has 7 heteroatoms. The lowest BCUT2D eigenvalue weighted by atomic mass is 9.97. The van der Waals surface area contributed by atoms with Gasteiger partial charge in [-0.1, -0.05) is 0 Å². The third kappa shape index (κ3) is 4.16. The number of piperidine rings is 1. The van der Waals surface area contributed by atoms with Gasteiger partial charge in [0.15, 0.2) is 5.92 Å². The molecular formula is C10H16F3NO3. The molecule has 100 valence electrons. The molecule has 1 saturated heterocycles. The van der Waals surface area contributed by atoms with Gasteiger partial charge in [-0.05, 0) is 31.8 Å². The van der Waals surface area contributed by atoms with Crippen LogP contribution >= 0.6 is 0 Å². The van der Waals surface area contributed by atoms with Crippen LogP contribution in [-0.4, -0.2) is 53.5 Å². The molecule has 0 bridgehead atoms. The van der Waals surface area contributed by atoms with Crippen LogP contribution in [0.3, 0.4) is 0 Å². The van der Waals surface area contributed by atoms with Gasteiger partial charge in [-0.3, -0.25) is 4.79 Å². The lowest BCUT2D eigenvalue weighted by Crippen LogP contribution is -2.44. The summed E-state index contributed by atoms with van der Waals surface area (Å²) >= 11 is 0. The molecule has 0 aliphatic carbocycles. The molecule has 1 aliphatic heterocycles. The predicted molar refractivity (Wildman–Crippen MR) is 53.4 cm³/mol. The van der Waals surface area contributed by atoms with Crippen molar-refractivity contribution < 1.29 is 28.2 Å². The van der Waals surface area contributed by atoms with Crippen LogP contribution in [0.15, 0.2) is 0 Å². The van der Waals surface area contributed by atoms with E-state index in [1.165, 1.54) is 4.90 Å². The first kappa shape index (κ1) is 14.2. The molecule has 0 radical (unpaired) electrons. The van der Waals surface area contributed by atoms with E-state index in [9.17, 15) is 18.0 Å². The molecule has 1 unspecified atom stereocenters. The highest BCUT2D eigenvalue weighted by atomic mass is 19.4. The topological polar surface area (TPSA) is 60.8 Å². The molecule has 1 heterocycles. The van der Waals surface area contributed by atoms with Crippen molar-refractivity contribution in [3.63, 3.8) is 0 Å². The lowest BCUT2D eigenvalue weighted by Gasteiger charge is -2.33. The Kier molecular flexibility index (Phi) is 4.76. The molecule has 0 spiro atoms. The third-order valence-corrected chi connectivity index (χ3v) is 3.10. The summed E-state index contributed by atoms with van der Waals surface area (Å²) in [5, 5.41) is 17.4. The van der Waals surface area contributed by atoms with Crippen molar-refractivity contribution in [3.8, 4) is 0 Å². The van der Waals surface area contributed by atoms with Crippen molar-refractivity contribution in [1.29, 1.82) is 0 Å². The number of rotatable bonds is 4. The summed E-state index contributed by atoms with van der Waals surface area (Å²) in [6.07, 6.45) is -3.49. The summed E-state index contributed by atoms with van der Waals surface area (Å²) in [5.41, 5.74) is 0. The molecule has 0 aromatic heterocycles. The van der Waals surface area contributed by atoms with E-state index in [0.29, 0.717) is 25.9 Å². The van der Waals surface area contributed by atoms with E-state index in [4.69, 9.17) is 10.2 Å². The highest BCUT2D eigenvalue weighted by Gasteiger charge is 2.46. The van der Waals surface area contributed by atoms with E-state index in [1.54, 1.807) is 0 Å². The van der Waals surface area contributed by atoms with Gasteiger partial charge in [-0.15, -0.1) is 0 Å². The van der Waals surface area contributed by atoms with Crippen LogP contribution in [0, 0.1) is 11.8 Å². The van der Waals surface area contributed by atoms with Crippen molar-refractivity contribution in [2.24, 2.45) is 11.8 Å². The van der Waals surface area contributed by atoms with Gasteiger partial charge < -0.3 is 15.1 Å². The van der Waals surface area contributed by atoms with Gasteiger partial charge in [0.05, 0.1) is 0 Å². The average molecular weight is 255 g/mol. The first-order valence-corrected chi connectivity index (χ1v) is 5.47. The Morgan fingerprint density at radius 3 is 2.24 bits per heavy atom. The van der Waals surface area contributed by atoms with Crippen molar-refractivity contribution in [2.75, 3.05) is 26.2 Å². The zero-order chi connectivity index (χ0) is 13.1. The summed E-state index contributed by atoms with van der Waals surface area (Å²) in [4.78, 5) is 12.1. The minimum Gasteiger partial charge on any atom is -0.481 e. The second-order valence-corrected chi connectivity index (χ2v) is 4.36. The first-order chi connectivity index (χ1) is 7.84. The number of carboxylic acids is 1. The van der Waals surface area contributed by atoms with E-state index in [0.717, 1.165) is 0 Å². The molecule has 1 rings (SSSR count). The monoisotopic (exact) mass is 255 g/mol. The fourth-order valence-corrected chi connectivity index (χ4v) is 1.93. The van der Waals surface area contributed by atoms with Gasteiger partial charge in [0.25, 0.3) is 0 Å².